The average molecular weight is 332 g/mol. The molecule has 0 amide bonds. The molecule has 3 rings (SSSR count). The van der Waals surface area contributed by atoms with Gasteiger partial charge in [-0.15, -0.1) is 0 Å². The van der Waals surface area contributed by atoms with E-state index in [1.54, 1.807) is 24.4 Å². The van der Waals surface area contributed by atoms with Crippen molar-refractivity contribution < 1.29 is 13.2 Å². The highest BCUT2D eigenvalue weighted by atomic mass is 19.4. The van der Waals surface area contributed by atoms with Crippen molar-refractivity contribution in [2.24, 2.45) is 0 Å². The predicted octanol–water partition coefficient (Wildman–Crippen LogP) is 3.98. The van der Waals surface area contributed by atoms with E-state index in [-0.39, 0.29) is 5.56 Å². The van der Waals surface area contributed by atoms with Gasteiger partial charge >= 0.3 is 6.18 Å². The van der Waals surface area contributed by atoms with E-state index in [0.717, 1.165) is 0 Å². The topological polar surface area (TPSA) is 54.5 Å². The molecule has 1 aromatic carbocycles. The molecule has 0 saturated heterocycles. The minimum atomic E-state index is -4.33. The molecule has 0 aliphatic heterocycles. The monoisotopic (exact) mass is 332 g/mol. The number of nitrogens with one attached hydrogen (secondary N) is 1. The molecular weight excluding hydrogens is 317 g/mol. The van der Waals surface area contributed by atoms with Gasteiger partial charge in [0, 0.05) is 12.6 Å². The van der Waals surface area contributed by atoms with Crippen LogP contribution < -0.4 is 0 Å². The van der Waals surface area contributed by atoms with Crippen molar-refractivity contribution in [3.05, 3.63) is 65.1 Å². The van der Waals surface area contributed by atoms with Crippen molar-refractivity contribution in [3.8, 4) is 11.5 Å². The van der Waals surface area contributed by atoms with Crippen LogP contribution in [-0.2, 0) is 19.0 Å². The molecule has 0 fully saturated rings. The quantitative estimate of drug-likeness (QED) is 0.786. The van der Waals surface area contributed by atoms with Gasteiger partial charge in [0.1, 0.15) is 11.5 Å². The van der Waals surface area contributed by atoms with Gasteiger partial charge in [0.25, 0.3) is 0 Å². The molecule has 0 radical (unpaired) electrons. The molecule has 0 spiro atoms. The number of benzene rings is 1. The predicted molar refractivity (Wildman–Crippen MR) is 83.2 cm³/mol. The first-order valence-electron chi connectivity index (χ1n) is 7.43. The summed E-state index contributed by atoms with van der Waals surface area (Å²) in [4.78, 5) is 8.49. The first kappa shape index (κ1) is 16.2. The summed E-state index contributed by atoms with van der Waals surface area (Å²) in [5.74, 6) is 1.09. The third-order valence-electron chi connectivity index (χ3n) is 3.68. The smallest absolute Gasteiger partial charge is 0.263 e. The van der Waals surface area contributed by atoms with Gasteiger partial charge in [-0.3, -0.25) is 10.1 Å². The molecule has 4 nitrogen and oxygen atoms in total. The van der Waals surface area contributed by atoms with Crippen LogP contribution in [0.1, 0.15) is 22.5 Å². The Morgan fingerprint density at radius 1 is 1.08 bits per heavy atom. The molecule has 2 heterocycles. The summed E-state index contributed by atoms with van der Waals surface area (Å²) in [7, 11) is 0. The molecule has 0 unspecified atom stereocenters. The molecule has 1 N–H and O–H groups in total. The number of H-pyrrole nitrogens is 1. The first-order chi connectivity index (χ1) is 11.4. The van der Waals surface area contributed by atoms with Crippen LogP contribution in [0.3, 0.4) is 0 Å². The number of halogens is 3. The van der Waals surface area contributed by atoms with Crippen molar-refractivity contribution in [2.75, 3.05) is 0 Å². The van der Waals surface area contributed by atoms with E-state index in [0.29, 0.717) is 35.7 Å². The first-order valence-corrected chi connectivity index (χ1v) is 7.43. The molecule has 0 saturated carbocycles. The Balaban J connectivity index is 1.72. The largest absolute Gasteiger partial charge is 0.416 e. The van der Waals surface area contributed by atoms with Crippen LogP contribution in [0, 0.1) is 6.92 Å². The maximum absolute atomic E-state index is 12.9. The van der Waals surface area contributed by atoms with E-state index in [1.165, 1.54) is 19.1 Å². The second kappa shape index (κ2) is 6.43. The summed E-state index contributed by atoms with van der Waals surface area (Å²) in [6.07, 6.45) is -1.77. The van der Waals surface area contributed by atoms with Gasteiger partial charge in [0.05, 0.1) is 5.56 Å². The molecular formula is C17H15F3N4. The van der Waals surface area contributed by atoms with Crippen LogP contribution in [0.15, 0.2) is 42.6 Å². The van der Waals surface area contributed by atoms with Gasteiger partial charge in [0.2, 0.25) is 0 Å². The summed E-state index contributed by atoms with van der Waals surface area (Å²) in [5.41, 5.74) is 0.897. The Kier molecular flexibility index (Phi) is 4.33. The minimum Gasteiger partial charge on any atom is -0.263 e. The van der Waals surface area contributed by atoms with Crippen molar-refractivity contribution in [3.63, 3.8) is 0 Å². The molecule has 3 aromatic rings. The highest BCUT2D eigenvalue weighted by Crippen LogP contribution is 2.32. The Labute approximate surface area is 136 Å². The van der Waals surface area contributed by atoms with Gasteiger partial charge in [-0.05, 0) is 42.7 Å². The molecule has 0 aliphatic rings. The summed E-state index contributed by atoms with van der Waals surface area (Å²) < 4.78 is 38.8. The van der Waals surface area contributed by atoms with Gasteiger partial charge in [-0.25, -0.2) is 4.98 Å². The maximum Gasteiger partial charge on any atom is 0.416 e. The molecule has 0 atom stereocenters. The summed E-state index contributed by atoms with van der Waals surface area (Å²) in [6.45, 7) is 1.46. The van der Waals surface area contributed by atoms with E-state index in [9.17, 15) is 13.2 Å². The fourth-order valence-electron chi connectivity index (χ4n) is 2.41. The zero-order valence-electron chi connectivity index (χ0n) is 12.9. The molecule has 2 aromatic heterocycles. The van der Waals surface area contributed by atoms with Gasteiger partial charge < -0.3 is 0 Å². The van der Waals surface area contributed by atoms with E-state index in [1.807, 2.05) is 6.07 Å². The van der Waals surface area contributed by atoms with E-state index >= 15 is 0 Å². The molecule has 124 valence electrons. The van der Waals surface area contributed by atoms with Crippen LogP contribution in [0.4, 0.5) is 13.2 Å². The Hall–Kier alpha value is -2.70. The van der Waals surface area contributed by atoms with Crippen molar-refractivity contribution in [1.29, 1.82) is 0 Å². The number of aromatic nitrogens is 4. The molecule has 24 heavy (non-hydrogen) atoms. The number of alkyl halides is 3. The number of nitrogens with zero attached hydrogens (tertiary/aromatic N) is 3. The third-order valence-corrected chi connectivity index (χ3v) is 3.68. The normalized spacial score (nSPS) is 11.7. The molecule has 0 bridgehead atoms. The number of hydrogen-bond acceptors (Lipinski definition) is 3. The number of aryl methyl sites for hydroxylation is 3. The number of rotatable bonds is 4. The van der Waals surface area contributed by atoms with Crippen LogP contribution in [0.25, 0.3) is 11.5 Å². The third kappa shape index (κ3) is 3.61. The lowest BCUT2D eigenvalue weighted by Crippen LogP contribution is -2.08. The van der Waals surface area contributed by atoms with E-state index < -0.39 is 11.7 Å². The van der Waals surface area contributed by atoms with Crippen molar-refractivity contribution in [2.45, 2.75) is 25.9 Å². The number of pyridine rings is 1. The highest BCUT2D eigenvalue weighted by Gasteiger charge is 2.32. The van der Waals surface area contributed by atoms with Crippen molar-refractivity contribution >= 4 is 0 Å². The second-order valence-corrected chi connectivity index (χ2v) is 5.47. The number of aromatic amines is 1. The number of hydrogen-bond donors (Lipinski definition) is 1. The van der Waals surface area contributed by atoms with Gasteiger partial charge in [-0.1, -0.05) is 18.2 Å². The van der Waals surface area contributed by atoms with E-state index in [4.69, 9.17) is 0 Å². The van der Waals surface area contributed by atoms with Crippen LogP contribution in [-0.4, -0.2) is 20.2 Å². The lowest BCUT2D eigenvalue weighted by Gasteiger charge is -2.11. The zero-order chi connectivity index (χ0) is 17.2. The Morgan fingerprint density at radius 3 is 2.62 bits per heavy atom. The van der Waals surface area contributed by atoms with Gasteiger partial charge in [-0.2, -0.15) is 18.3 Å². The highest BCUT2D eigenvalue weighted by molar-refractivity contribution is 5.47. The Morgan fingerprint density at radius 2 is 1.92 bits per heavy atom. The Bertz CT molecular complexity index is 825. The second-order valence-electron chi connectivity index (χ2n) is 5.47. The minimum absolute atomic E-state index is 0.225. The zero-order valence-corrected chi connectivity index (χ0v) is 12.9. The summed E-state index contributed by atoms with van der Waals surface area (Å²) >= 11 is 0. The fraction of sp³-hybridized carbons (Fsp3) is 0.235. The SMILES string of the molecule is Cc1ccc(CCc2nc(-c3ccccn3)n[nH]2)cc1C(F)(F)F. The maximum atomic E-state index is 12.9. The lowest BCUT2D eigenvalue weighted by atomic mass is 10.0. The van der Waals surface area contributed by atoms with Gasteiger partial charge in [0.15, 0.2) is 5.82 Å². The van der Waals surface area contributed by atoms with Crippen LogP contribution in [0.2, 0.25) is 0 Å². The summed E-state index contributed by atoms with van der Waals surface area (Å²) in [6, 6.07) is 9.84. The van der Waals surface area contributed by atoms with Crippen LogP contribution in [0.5, 0.6) is 0 Å². The standard InChI is InChI=1S/C17H15F3N4/c1-11-5-6-12(10-13(11)17(18,19)20)7-8-15-22-16(24-23-15)14-4-2-3-9-21-14/h2-6,9-10H,7-8H2,1H3,(H,22,23,24). The van der Waals surface area contributed by atoms with Crippen molar-refractivity contribution in [1.82, 2.24) is 20.2 Å². The van der Waals surface area contributed by atoms with Crippen LogP contribution >= 0.6 is 0 Å². The molecule has 7 heteroatoms. The fourth-order valence-corrected chi connectivity index (χ4v) is 2.41. The molecule has 0 aliphatic carbocycles. The lowest BCUT2D eigenvalue weighted by molar-refractivity contribution is -0.138. The summed E-state index contributed by atoms with van der Waals surface area (Å²) in [5, 5.41) is 6.90. The van der Waals surface area contributed by atoms with E-state index in [2.05, 4.69) is 20.2 Å². The average Bonchev–Trinajstić information content (AvgIpc) is 3.03.